The Hall–Kier alpha value is -2.93. The normalized spacial score (nSPS) is 25.6. The first-order valence-corrected chi connectivity index (χ1v) is 11.6. The van der Waals surface area contributed by atoms with Gasteiger partial charge in [-0.05, 0) is 63.9 Å². The van der Waals surface area contributed by atoms with E-state index in [2.05, 4.69) is 39.5 Å². The maximum Gasteiger partial charge on any atom is 0.237 e. The second kappa shape index (κ2) is 8.78. The molecule has 0 spiro atoms. The number of hydrogen-bond acceptors (Lipinski definition) is 5. The highest BCUT2D eigenvalue weighted by Gasteiger charge is 2.53. The summed E-state index contributed by atoms with van der Waals surface area (Å²) in [5.74, 6) is -0.470. The van der Waals surface area contributed by atoms with Gasteiger partial charge in [0.25, 0.3) is 0 Å². The molecule has 1 saturated heterocycles. The van der Waals surface area contributed by atoms with Crippen molar-refractivity contribution in [1.82, 2.24) is 9.80 Å². The summed E-state index contributed by atoms with van der Waals surface area (Å²) in [6, 6.07) is 15.8. The number of likely N-dealkylation sites (tertiary alicyclic amines) is 1. The number of nitrogens with one attached hydrogen (secondary N) is 1. The molecule has 0 bridgehead atoms. The van der Waals surface area contributed by atoms with Gasteiger partial charge in [-0.3, -0.25) is 14.6 Å². The number of nitrogens with two attached hydrogens (primary N) is 1. The van der Waals surface area contributed by atoms with Crippen LogP contribution in [0.15, 0.2) is 53.5 Å². The van der Waals surface area contributed by atoms with Crippen molar-refractivity contribution in [2.24, 2.45) is 16.1 Å². The highest BCUT2D eigenvalue weighted by Crippen LogP contribution is 2.47. The van der Waals surface area contributed by atoms with Gasteiger partial charge in [-0.15, -0.1) is 0 Å². The second-order valence-corrected chi connectivity index (χ2v) is 9.93. The average molecular weight is 452 g/mol. The largest absolute Gasteiger partial charge is 0.381 e. The maximum absolute atomic E-state index is 15.1. The first-order valence-electron chi connectivity index (χ1n) is 11.6. The fourth-order valence-corrected chi connectivity index (χ4v) is 4.95. The van der Waals surface area contributed by atoms with E-state index in [9.17, 15) is 4.79 Å². The van der Waals surface area contributed by atoms with E-state index in [1.807, 2.05) is 6.07 Å². The molecule has 6 nitrogen and oxygen atoms in total. The molecule has 0 saturated carbocycles. The van der Waals surface area contributed by atoms with Crippen LogP contribution in [-0.2, 0) is 16.9 Å². The van der Waals surface area contributed by atoms with Crippen LogP contribution in [0.4, 0.5) is 10.1 Å². The molecule has 4 rings (SSSR count). The number of halogens is 1. The van der Waals surface area contributed by atoms with Crippen molar-refractivity contribution >= 4 is 17.6 Å². The molecule has 1 fully saturated rings. The molecular formula is C26H34FN5O. The van der Waals surface area contributed by atoms with Gasteiger partial charge < -0.3 is 11.1 Å². The van der Waals surface area contributed by atoms with Gasteiger partial charge in [-0.2, -0.15) is 0 Å². The van der Waals surface area contributed by atoms with Crippen LogP contribution in [-0.4, -0.2) is 47.8 Å². The van der Waals surface area contributed by atoms with Crippen molar-refractivity contribution in [2.45, 2.75) is 51.7 Å². The van der Waals surface area contributed by atoms with Crippen molar-refractivity contribution in [3.8, 4) is 0 Å². The Kier molecular flexibility index (Phi) is 6.18. The molecule has 2 aliphatic heterocycles. The van der Waals surface area contributed by atoms with Crippen LogP contribution in [0.3, 0.4) is 0 Å². The lowest BCUT2D eigenvalue weighted by atomic mass is 9.67. The molecule has 33 heavy (non-hydrogen) atoms. The number of carbonyl (C=O) groups is 1. The summed E-state index contributed by atoms with van der Waals surface area (Å²) in [5.41, 5.74) is 6.46. The third-order valence-corrected chi connectivity index (χ3v) is 7.35. The van der Waals surface area contributed by atoms with Crippen LogP contribution in [0.5, 0.6) is 0 Å². The van der Waals surface area contributed by atoms with E-state index in [0.29, 0.717) is 5.56 Å². The molecule has 2 aromatic rings. The lowest BCUT2D eigenvalue weighted by molar-refractivity contribution is -0.140. The fourth-order valence-electron chi connectivity index (χ4n) is 4.95. The first kappa shape index (κ1) is 23.2. The number of carbonyl (C=O) groups excluding carboxylic acids is 1. The van der Waals surface area contributed by atoms with Crippen LogP contribution in [0.2, 0.25) is 0 Å². The van der Waals surface area contributed by atoms with Gasteiger partial charge in [0.2, 0.25) is 5.91 Å². The van der Waals surface area contributed by atoms with Crippen LogP contribution in [0.1, 0.15) is 44.7 Å². The van der Waals surface area contributed by atoms with Crippen molar-refractivity contribution in [2.75, 3.05) is 25.5 Å². The molecule has 7 heteroatoms. The standard InChI is InChI=1S/C26H34FN5O/c1-25(2)23(33)31(4)24(28)30-26(25,3)21-15-19(12-13-22(21)27)29-20-11-8-14-32(17-20)16-18-9-6-5-7-10-18/h5-7,9-10,12-13,15,20,29H,8,11,14,16-17H2,1-4H3,(H2,28,30)/t20?,26-/m1/s1. The van der Waals surface area contributed by atoms with Gasteiger partial charge in [0, 0.05) is 37.4 Å². The average Bonchev–Trinajstić information content (AvgIpc) is 2.79. The van der Waals surface area contributed by atoms with Gasteiger partial charge in [-0.25, -0.2) is 9.38 Å². The van der Waals surface area contributed by atoms with E-state index < -0.39 is 11.0 Å². The molecule has 1 unspecified atom stereocenters. The predicted octanol–water partition coefficient (Wildman–Crippen LogP) is 3.93. The summed E-state index contributed by atoms with van der Waals surface area (Å²) in [4.78, 5) is 21.4. The molecule has 0 radical (unpaired) electrons. The Morgan fingerprint density at radius 1 is 1.18 bits per heavy atom. The quantitative estimate of drug-likeness (QED) is 0.722. The Morgan fingerprint density at radius 3 is 2.64 bits per heavy atom. The molecule has 2 aromatic carbocycles. The van der Waals surface area contributed by atoms with E-state index in [1.165, 1.54) is 16.5 Å². The first-order chi connectivity index (χ1) is 15.6. The van der Waals surface area contributed by atoms with E-state index in [4.69, 9.17) is 5.73 Å². The monoisotopic (exact) mass is 451 g/mol. The van der Waals surface area contributed by atoms with E-state index >= 15 is 4.39 Å². The minimum atomic E-state index is -1.12. The predicted molar refractivity (Wildman–Crippen MR) is 130 cm³/mol. The maximum atomic E-state index is 15.1. The van der Waals surface area contributed by atoms with Crippen molar-refractivity contribution in [3.63, 3.8) is 0 Å². The zero-order valence-electron chi connectivity index (χ0n) is 19.9. The third-order valence-electron chi connectivity index (χ3n) is 7.35. The van der Waals surface area contributed by atoms with Gasteiger partial charge >= 0.3 is 0 Å². The molecule has 3 N–H and O–H groups in total. The Labute approximate surface area is 195 Å². The van der Waals surface area contributed by atoms with E-state index in [-0.39, 0.29) is 23.7 Å². The zero-order chi connectivity index (χ0) is 23.8. The Morgan fingerprint density at radius 2 is 1.91 bits per heavy atom. The second-order valence-electron chi connectivity index (χ2n) is 9.93. The molecule has 2 atom stereocenters. The Balaban J connectivity index is 1.56. The summed E-state index contributed by atoms with van der Waals surface area (Å²) in [5, 5.41) is 3.60. The molecule has 0 aliphatic carbocycles. The van der Waals surface area contributed by atoms with Crippen molar-refractivity contribution in [1.29, 1.82) is 0 Å². The number of piperidine rings is 1. The van der Waals surface area contributed by atoms with Crippen LogP contribution in [0, 0.1) is 11.2 Å². The molecule has 2 aliphatic rings. The zero-order valence-corrected chi connectivity index (χ0v) is 19.9. The topological polar surface area (TPSA) is 74.0 Å². The molecule has 0 aromatic heterocycles. The molecule has 1 amide bonds. The summed E-state index contributed by atoms with van der Waals surface area (Å²) in [7, 11) is 1.60. The summed E-state index contributed by atoms with van der Waals surface area (Å²) in [6.45, 7) is 8.28. The van der Waals surface area contributed by atoms with Crippen molar-refractivity contribution < 1.29 is 9.18 Å². The molecular weight excluding hydrogens is 417 g/mol. The van der Waals surface area contributed by atoms with Gasteiger partial charge in [-0.1, -0.05) is 30.3 Å². The van der Waals surface area contributed by atoms with Gasteiger partial charge in [0.05, 0.1) is 5.41 Å². The fraction of sp³-hybridized carbons (Fsp3) is 0.462. The SMILES string of the molecule is CN1C(=O)C(C)(C)[C@@](C)(c2cc(NC3CCCN(Cc4ccccc4)C3)ccc2F)N=C1N. The number of amides is 1. The number of hydrogen-bond donors (Lipinski definition) is 2. The van der Waals surface area contributed by atoms with Crippen molar-refractivity contribution in [3.05, 3.63) is 65.5 Å². The third kappa shape index (κ3) is 4.34. The number of guanidine groups is 1. The van der Waals surface area contributed by atoms with Crippen LogP contribution >= 0.6 is 0 Å². The van der Waals surface area contributed by atoms with E-state index in [0.717, 1.165) is 38.2 Å². The number of aliphatic imine (C=N–C) groups is 1. The minimum Gasteiger partial charge on any atom is -0.381 e. The van der Waals surface area contributed by atoms with Crippen LogP contribution in [0.25, 0.3) is 0 Å². The lowest BCUT2D eigenvalue weighted by Gasteiger charge is -2.46. The number of anilines is 1. The summed E-state index contributed by atoms with van der Waals surface area (Å²) < 4.78 is 15.1. The minimum absolute atomic E-state index is 0.100. The highest BCUT2D eigenvalue weighted by molar-refractivity contribution is 6.01. The number of nitrogens with zero attached hydrogens (tertiary/aromatic N) is 3. The highest BCUT2D eigenvalue weighted by atomic mass is 19.1. The number of benzene rings is 2. The molecule has 2 heterocycles. The smallest absolute Gasteiger partial charge is 0.237 e. The number of rotatable bonds is 5. The van der Waals surface area contributed by atoms with E-state index in [1.54, 1.807) is 40.0 Å². The van der Waals surface area contributed by atoms with Crippen LogP contribution < -0.4 is 11.1 Å². The summed E-state index contributed by atoms with van der Waals surface area (Å²) >= 11 is 0. The Bertz CT molecular complexity index is 1050. The summed E-state index contributed by atoms with van der Waals surface area (Å²) in [6.07, 6.45) is 2.15. The van der Waals surface area contributed by atoms with Gasteiger partial charge in [0.15, 0.2) is 5.96 Å². The lowest BCUT2D eigenvalue weighted by Crippen LogP contribution is -2.58. The molecule has 176 valence electrons. The van der Waals surface area contributed by atoms with Gasteiger partial charge in [0.1, 0.15) is 11.4 Å².